The molecule has 134 valence electrons. The molecule has 2 aromatic rings. The molecular formula is C19H24ClN3O2. The summed E-state index contributed by atoms with van der Waals surface area (Å²) < 4.78 is 5.38. The van der Waals surface area contributed by atoms with E-state index in [9.17, 15) is 4.79 Å². The van der Waals surface area contributed by atoms with E-state index in [0.717, 1.165) is 27.9 Å². The summed E-state index contributed by atoms with van der Waals surface area (Å²) in [5, 5.41) is 0.318. The van der Waals surface area contributed by atoms with Gasteiger partial charge in [0, 0.05) is 18.2 Å². The number of anilines is 1. The molecule has 0 bridgehead atoms. The van der Waals surface area contributed by atoms with Gasteiger partial charge in [-0.15, -0.1) is 0 Å². The zero-order valence-electron chi connectivity index (χ0n) is 15.8. The van der Waals surface area contributed by atoms with Gasteiger partial charge in [0.05, 0.1) is 5.69 Å². The monoisotopic (exact) mass is 361 g/mol. The van der Waals surface area contributed by atoms with Gasteiger partial charge in [0.1, 0.15) is 10.8 Å². The Hall–Kier alpha value is -2.14. The molecule has 0 aliphatic rings. The first-order chi connectivity index (χ1) is 11.5. The number of aryl methyl sites for hydroxylation is 2. The third-order valence-corrected chi connectivity index (χ3v) is 4.13. The number of aromatic nitrogens is 2. The van der Waals surface area contributed by atoms with Crippen LogP contribution in [-0.4, -0.2) is 28.7 Å². The number of hydrogen-bond donors (Lipinski definition) is 0. The molecule has 0 aliphatic carbocycles. The minimum Gasteiger partial charge on any atom is -0.443 e. The Morgan fingerprint density at radius 1 is 1.12 bits per heavy atom. The highest BCUT2D eigenvalue weighted by Crippen LogP contribution is 2.32. The lowest BCUT2D eigenvalue weighted by Crippen LogP contribution is -2.35. The van der Waals surface area contributed by atoms with Gasteiger partial charge in [0.15, 0.2) is 0 Å². The molecule has 6 heteroatoms. The number of amides is 1. The third kappa shape index (κ3) is 4.28. The largest absolute Gasteiger partial charge is 0.443 e. The lowest BCUT2D eigenvalue weighted by atomic mass is 9.97. The van der Waals surface area contributed by atoms with Gasteiger partial charge in [0.25, 0.3) is 0 Å². The van der Waals surface area contributed by atoms with E-state index < -0.39 is 11.7 Å². The molecule has 1 aromatic carbocycles. The van der Waals surface area contributed by atoms with Crippen LogP contribution < -0.4 is 4.90 Å². The van der Waals surface area contributed by atoms with E-state index in [1.165, 1.54) is 4.90 Å². The molecule has 0 saturated heterocycles. The second-order valence-electron chi connectivity index (χ2n) is 7.09. The molecule has 1 heterocycles. The van der Waals surface area contributed by atoms with E-state index in [-0.39, 0.29) is 5.95 Å². The first-order valence-electron chi connectivity index (χ1n) is 8.08. The lowest BCUT2D eigenvalue weighted by molar-refractivity contribution is 0.0587. The molecule has 0 atom stereocenters. The third-order valence-electron chi connectivity index (χ3n) is 3.76. The average Bonchev–Trinajstić information content (AvgIpc) is 2.48. The molecule has 1 aromatic heterocycles. The Bertz CT molecular complexity index is 793. The molecule has 0 N–H and O–H groups in total. The summed E-state index contributed by atoms with van der Waals surface area (Å²) in [6.07, 6.45) is -0.528. The van der Waals surface area contributed by atoms with Crippen LogP contribution >= 0.6 is 11.6 Å². The Morgan fingerprint density at radius 3 is 2.20 bits per heavy atom. The number of halogens is 1. The van der Waals surface area contributed by atoms with Gasteiger partial charge in [-0.25, -0.2) is 19.7 Å². The number of carbonyl (C=O) groups excluding carboxylic acids is 1. The Labute approximate surface area is 154 Å². The van der Waals surface area contributed by atoms with Crippen molar-refractivity contribution in [2.75, 3.05) is 11.9 Å². The van der Waals surface area contributed by atoms with Gasteiger partial charge < -0.3 is 4.74 Å². The minimum absolute atomic E-state index is 0.211. The van der Waals surface area contributed by atoms with Gasteiger partial charge in [0.2, 0.25) is 5.95 Å². The van der Waals surface area contributed by atoms with E-state index in [0.29, 0.717) is 5.15 Å². The molecule has 0 aliphatic heterocycles. The maximum atomic E-state index is 12.3. The van der Waals surface area contributed by atoms with Crippen LogP contribution in [0.3, 0.4) is 0 Å². The van der Waals surface area contributed by atoms with Crippen LogP contribution in [0, 0.1) is 20.8 Å². The standard InChI is InChI=1S/C19H24ClN3O2/c1-11-9-8-10-12(2)14(11)15-13(3)16(20)22-17(21-15)23(7)18(24)25-19(4,5)6/h8-10H,1-7H3. The second-order valence-corrected chi connectivity index (χ2v) is 7.45. The summed E-state index contributed by atoms with van der Waals surface area (Å²) in [5.41, 5.74) is 4.08. The van der Waals surface area contributed by atoms with Crippen LogP contribution in [0.4, 0.5) is 10.7 Å². The molecule has 25 heavy (non-hydrogen) atoms. The van der Waals surface area contributed by atoms with E-state index in [2.05, 4.69) is 9.97 Å². The van der Waals surface area contributed by atoms with Gasteiger partial charge in [-0.2, -0.15) is 0 Å². The van der Waals surface area contributed by atoms with Crippen molar-refractivity contribution in [1.82, 2.24) is 9.97 Å². The molecular weight excluding hydrogens is 338 g/mol. The van der Waals surface area contributed by atoms with E-state index in [1.807, 2.05) is 59.7 Å². The van der Waals surface area contributed by atoms with Crippen LogP contribution in [-0.2, 0) is 4.74 Å². The molecule has 0 unspecified atom stereocenters. The molecule has 0 saturated carbocycles. The smallest absolute Gasteiger partial charge is 0.416 e. The summed E-state index contributed by atoms with van der Waals surface area (Å²) in [6, 6.07) is 6.05. The van der Waals surface area contributed by atoms with Gasteiger partial charge in [-0.1, -0.05) is 29.8 Å². The van der Waals surface area contributed by atoms with E-state index >= 15 is 0 Å². The van der Waals surface area contributed by atoms with Crippen molar-refractivity contribution >= 4 is 23.6 Å². The number of ether oxygens (including phenoxy) is 1. The number of rotatable bonds is 2. The fraction of sp³-hybridized carbons (Fsp3) is 0.421. The van der Waals surface area contributed by atoms with Crippen LogP contribution in [0.1, 0.15) is 37.5 Å². The summed E-state index contributed by atoms with van der Waals surface area (Å²) >= 11 is 6.33. The topological polar surface area (TPSA) is 55.3 Å². The lowest BCUT2D eigenvalue weighted by Gasteiger charge is -2.24. The predicted octanol–water partition coefficient (Wildman–Crippen LogP) is 5.09. The van der Waals surface area contributed by atoms with Gasteiger partial charge in [-0.3, -0.25) is 0 Å². The van der Waals surface area contributed by atoms with Crippen LogP contribution in [0.5, 0.6) is 0 Å². The first-order valence-corrected chi connectivity index (χ1v) is 8.46. The maximum Gasteiger partial charge on any atom is 0.416 e. The molecule has 0 radical (unpaired) electrons. The molecule has 5 nitrogen and oxygen atoms in total. The highest BCUT2D eigenvalue weighted by atomic mass is 35.5. The van der Waals surface area contributed by atoms with Gasteiger partial charge in [-0.05, 0) is 52.7 Å². The Kier molecular flexibility index (Phi) is 5.37. The van der Waals surface area contributed by atoms with Crippen molar-refractivity contribution in [3.63, 3.8) is 0 Å². The Morgan fingerprint density at radius 2 is 1.68 bits per heavy atom. The summed E-state index contributed by atoms with van der Waals surface area (Å²) in [7, 11) is 1.57. The quantitative estimate of drug-likeness (QED) is 0.699. The molecule has 2 rings (SSSR count). The summed E-state index contributed by atoms with van der Waals surface area (Å²) in [5.74, 6) is 0.211. The van der Waals surface area contributed by atoms with Crippen molar-refractivity contribution in [1.29, 1.82) is 0 Å². The Balaban J connectivity index is 2.54. The first kappa shape index (κ1) is 19.2. The number of benzene rings is 1. The summed E-state index contributed by atoms with van der Waals surface area (Å²) in [4.78, 5) is 22.4. The number of hydrogen-bond acceptors (Lipinski definition) is 4. The molecule has 1 amide bonds. The van der Waals surface area contributed by atoms with Crippen LogP contribution in [0.25, 0.3) is 11.3 Å². The average molecular weight is 362 g/mol. The van der Waals surface area contributed by atoms with Crippen molar-refractivity contribution in [3.05, 3.63) is 40.0 Å². The van der Waals surface area contributed by atoms with Crippen molar-refractivity contribution < 1.29 is 9.53 Å². The SMILES string of the molecule is Cc1cccc(C)c1-c1nc(N(C)C(=O)OC(C)(C)C)nc(Cl)c1C. The highest BCUT2D eigenvalue weighted by molar-refractivity contribution is 6.30. The normalized spacial score (nSPS) is 11.4. The highest BCUT2D eigenvalue weighted by Gasteiger charge is 2.24. The maximum absolute atomic E-state index is 12.3. The van der Waals surface area contributed by atoms with Crippen molar-refractivity contribution in [2.24, 2.45) is 0 Å². The fourth-order valence-corrected chi connectivity index (χ4v) is 2.64. The number of nitrogens with zero attached hydrogens (tertiary/aromatic N) is 3. The minimum atomic E-state index is -0.602. The number of carbonyl (C=O) groups is 1. The molecule has 0 fully saturated rings. The second kappa shape index (κ2) is 7.00. The van der Waals surface area contributed by atoms with Crippen molar-refractivity contribution in [2.45, 2.75) is 47.1 Å². The zero-order valence-corrected chi connectivity index (χ0v) is 16.5. The zero-order chi connectivity index (χ0) is 18.9. The van der Waals surface area contributed by atoms with E-state index in [4.69, 9.17) is 16.3 Å². The van der Waals surface area contributed by atoms with E-state index in [1.54, 1.807) is 7.05 Å². The van der Waals surface area contributed by atoms with Gasteiger partial charge >= 0.3 is 6.09 Å². The molecule has 0 spiro atoms. The van der Waals surface area contributed by atoms with Crippen LogP contribution in [0.15, 0.2) is 18.2 Å². The fourth-order valence-electron chi connectivity index (χ4n) is 2.47. The predicted molar refractivity (Wildman–Crippen MR) is 101 cm³/mol. The van der Waals surface area contributed by atoms with Crippen molar-refractivity contribution in [3.8, 4) is 11.3 Å². The van der Waals surface area contributed by atoms with Crippen LogP contribution in [0.2, 0.25) is 5.15 Å². The summed E-state index contributed by atoms with van der Waals surface area (Å²) in [6.45, 7) is 11.3.